The van der Waals surface area contributed by atoms with Gasteiger partial charge in [-0.15, -0.1) is 0 Å². The average Bonchev–Trinajstić information content (AvgIpc) is 2.69. The number of benzene rings is 1. The van der Waals surface area contributed by atoms with Gasteiger partial charge < -0.3 is 4.74 Å². The lowest BCUT2D eigenvalue weighted by Gasteiger charge is -2.20. The van der Waals surface area contributed by atoms with Crippen molar-refractivity contribution in [3.63, 3.8) is 0 Å². The van der Waals surface area contributed by atoms with Crippen LogP contribution in [0.3, 0.4) is 0 Å². The van der Waals surface area contributed by atoms with Gasteiger partial charge in [-0.05, 0) is 18.9 Å². The second-order valence-electron chi connectivity index (χ2n) is 4.15. The van der Waals surface area contributed by atoms with E-state index in [0.29, 0.717) is 5.92 Å². The maximum absolute atomic E-state index is 5.39. The van der Waals surface area contributed by atoms with Crippen LogP contribution in [0.4, 0.5) is 0 Å². The minimum absolute atomic E-state index is 0.539. The van der Waals surface area contributed by atoms with Gasteiger partial charge in [-0.1, -0.05) is 18.2 Å². The van der Waals surface area contributed by atoms with Gasteiger partial charge in [0.1, 0.15) is 0 Å². The molecule has 0 bridgehead atoms. The highest BCUT2D eigenvalue weighted by Crippen LogP contribution is 2.32. The van der Waals surface area contributed by atoms with Gasteiger partial charge in [0.2, 0.25) is 0 Å². The van der Waals surface area contributed by atoms with Crippen molar-refractivity contribution < 1.29 is 4.74 Å². The Morgan fingerprint density at radius 3 is 2.81 bits per heavy atom. The molecule has 1 fully saturated rings. The van der Waals surface area contributed by atoms with Crippen LogP contribution in [0.5, 0.6) is 0 Å². The summed E-state index contributed by atoms with van der Waals surface area (Å²) in [7, 11) is 0. The van der Waals surface area contributed by atoms with Crippen molar-refractivity contribution in [1.29, 1.82) is 0 Å². The molecular weight excluding hydrogens is 268 g/mol. The van der Waals surface area contributed by atoms with Crippen LogP contribution in [0.1, 0.15) is 24.5 Å². The van der Waals surface area contributed by atoms with E-state index in [9.17, 15) is 0 Å². The molecule has 0 aliphatic carbocycles. The molecule has 4 heteroatoms. The van der Waals surface area contributed by atoms with Crippen LogP contribution in [-0.4, -0.2) is 22.0 Å². The molecule has 2 aromatic rings. The highest BCUT2D eigenvalue weighted by atomic mass is 79.9. The molecule has 3 nitrogen and oxygen atoms in total. The Hall–Kier alpha value is -0.870. The standard InChI is InChI=1S/C12H13BrN2O/c13-15-11-4-2-1-3-10(11)12(14-15)9-5-7-16-8-6-9/h1-4,9H,5-8H2. The summed E-state index contributed by atoms with van der Waals surface area (Å²) in [6.45, 7) is 1.71. The molecular formula is C12H13BrN2O. The predicted molar refractivity (Wildman–Crippen MR) is 66.9 cm³/mol. The quantitative estimate of drug-likeness (QED) is 0.803. The highest BCUT2D eigenvalue weighted by molar-refractivity contribution is 9.08. The van der Waals surface area contributed by atoms with E-state index < -0.39 is 0 Å². The third-order valence-electron chi connectivity index (χ3n) is 3.18. The monoisotopic (exact) mass is 280 g/mol. The van der Waals surface area contributed by atoms with Gasteiger partial charge in [0.05, 0.1) is 27.4 Å². The van der Waals surface area contributed by atoms with E-state index in [-0.39, 0.29) is 0 Å². The van der Waals surface area contributed by atoms with Gasteiger partial charge in [0, 0.05) is 24.5 Å². The summed E-state index contributed by atoms with van der Waals surface area (Å²) in [5.41, 5.74) is 2.35. The second-order valence-corrected chi connectivity index (χ2v) is 4.82. The third kappa shape index (κ3) is 1.66. The summed E-state index contributed by atoms with van der Waals surface area (Å²) in [4.78, 5) is 0. The Morgan fingerprint density at radius 2 is 2.00 bits per heavy atom. The number of hydrogen-bond acceptors (Lipinski definition) is 2. The second kappa shape index (κ2) is 4.18. The summed E-state index contributed by atoms with van der Waals surface area (Å²) in [5, 5.41) is 5.85. The number of hydrogen-bond donors (Lipinski definition) is 0. The summed E-state index contributed by atoms with van der Waals surface area (Å²) in [5.74, 6) is 0.539. The Balaban J connectivity index is 2.08. The predicted octanol–water partition coefficient (Wildman–Crippen LogP) is 3.09. The van der Waals surface area contributed by atoms with E-state index in [1.54, 1.807) is 3.71 Å². The van der Waals surface area contributed by atoms with Gasteiger partial charge in [-0.3, -0.25) is 0 Å². The molecule has 0 radical (unpaired) electrons. The molecule has 0 unspecified atom stereocenters. The fraction of sp³-hybridized carbons (Fsp3) is 0.417. The van der Waals surface area contributed by atoms with Gasteiger partial charge in [-0.2, -0.15) is 8.81 Å². The van der Waals surface area contributed by atoms with Crippen molar-refractivity contribution in [2.75, 3.05) is 13.2 Å². The summed E-state index contributed by atoms with van der Waals surface area (Å²) in [6.07, 6.45) is 2.15. The molecule has 16 heavy (non-hydrogen) atoms. The van der Waals surface area contributed by atoms with Gasteiger partial charge in [-0.25, -0.2) is 0 Å². The molecule has 0 atom stereocenters. The number of rotatable bonds is 1. The fourth-order valence-corrected chi connectivity index (χ4v) is 2.81. The largest absolute Gasteiger partial charge is 0.381 e. The number of halogens is 1. The van der Waals surface area contributed by atoms with E-state index in [1.165, 1.54) is 11.1 Å². The van der Waals surface area contributed by atoms with Gasteiger partial charge >= 0.3 is 0 Å². The SMILES string of the molecule is Brn1nc(C2CCOCC2)c2ccccc21. The molecule has 2 heterocycles. The topological polar surface area (TPSA) is 27.1 Å². The zero-order valence-electron chi connectivity index (χ0n) is 8.90. The lowest BCUT2D eigenvalue weighted by Crippen LogP contribution is -2.14. The molecule has 0 spiro atoms. The lowest BCUT2D eigenvalue weighted by atomic mass is 9.94. The highest BCUT2D eigenvalue weighted by Gasteiger charge is 2.21. The molecule has 0 N–H and O–H groups in total. The van der Waals surface area contributed by atoms with Crippen LogP contribution in [0.25, 0.3) is 10.9 Å². The average molecular weight is 281 g/mol. The maximum atomic E-state index is 5.39. The summed E-state index contributed by atoms with van der Waals surface area (Å²) < 4.78 is 7.19. The van der Waals surface area contributed by atoms with Crippen molar-refractivity contribution in [1.82, 2.24) is 8.81 Å². The number of aromatic nitrogens is 2. The molecule has 3 rings (SSSR count). The lowest BCUT2D eigenvalue weighted by molar-refractivity contribution is 0.0847. The first kappa shape index (κ1) is 10.3. The first-order valence-corrected chi connectivity index (χ1v) is 6.29. The van der Waals surface area contributed by atoms with Crippen molar-refractivity contribution >= 4 is 27.1 Å². The Kier molecular flexibility index (Phi) is 2.69. The Labute approximate surface area is 103 Å². The normalized spacial score (nSPS) is 18.1. The van der Waals surface area contributed by atoms with E-state index in [2.05, 4.69) is 39.4 Å². The Bertz CT molecular complexity index is 503. The van der Waals surface area contributed by atoms with Crippen LogP contribution in [0.15, 0.2) is 24.3 Å². The summed E-state index contributed by atoms with van der Waals surface area (Å²) in [6, 6.07) is 8.33. The van der Waals surface area contributed by atoms with Crippen molar-refractivity contribution in [2.45, 2.75) is 18.8 Å². The van der Waals surface area contributed by atoms with Crippen molar-refractivity contribution in [3.8, 4) is 0 Å². The molecule has 0 amide bonds. The van der Waals surface area contributed by atoms with Gasteiger partial charge in [0.25, 0.3) is 0 Å². The Morgan fingerprint density at radius 1 is 1.25 bits per heavy atom. The molecule has 0 saturated carbocycles. The first-order chi connectivity index (χ1) is 7.86. The molecule has 84 valence electrons. The number of fused-ring (bicyclic) bond motifs is 1. The smallest absolute Gasteiger partial charge is 0.0816 e. The van der Waals surface area contributed by atoms with E-state index in [1.807, 2.05) is 6.07 Å². The fourth-order valence-electron chi connectivity index (χ4n) is 2.33. The third-order valence-corrected chi connectivity index (χ3v) is 3.72. The molecule has 1 aliphatic heterocycles. The molecule has 1 aromatic heterocycles. The molecule has 1 aliphatic rings. The van der Waals surface area contributed by atoms with Crippen molar-refractivity contribution in [2.24, 2.45) is 0 Å². The molecule has 1 aromatic carbocycles. The summed E-state index contributed by atoms with van der Waals surface area (Å²) >= 11 is 3.46. The van der Waals surface area contributed by atoms with Crippen LogP contribution >= 0.6 is 16.1 Å². The van der Waals surface area contributed by atoms with Gasteiger partial charge in [0.15, 0.2) is 0 Å². The molecule has 1 saturated heterocycles. The van der Waals surface area contributed by atoms with E-state index in [4.69, 9.17) is 4.74 Å². The van der Waals surface area contributed by atoms with E-state index in [0.717, 1.165) is 31.6 Å². The first-order valence-electron chi connectivity index (χ1n) is 5.58. The van der Waals surface area contributed by atoms with Crippen molar-refractivity contribution in [3.05, 3.63) is 30.0 Å². The van der Waals surface area contributed by atoms with Crippen LogP contribution in [-0.2, 0) is 4.74 Å². The number of ether oxygens (including phenoxy) is 1. The number of para-hydroxylation sites is 1. The zero-order valence-corrected chi connectivity index (χ0v) is 10.5. The maximum Gasteiger partial charge on any atom is 0.0816 e. The minimum atomic E-state index is 0.539. The van der Waals surface area contributed by atoms with Crippen LogP contribution < -0.4 is 0 Å². The van der Waals surface area contributed by atoms with Crippen LogP contribution in [0, 0.1) is 0 Å². The van der Waals surface area contributed by atoms with Crippen LogP contribution in [0.2, 0.25) is 0 Å². The van der Waals surface area contributed by atoms with E-state index >= 15 is 0 Å². The zero-order chi connectivity index (χ0) is 11.0. The minimum Gasteiger partial charge on any atom is -0.381 e. The number of nitrogens with zero attached hydrogens (tertiary/aromatic N) is 2.